The summed E-state index contributed by atoms with van der Waals surface area (Å²) in [5.41, 5.74) is 2.00. The van der Waals surface area contributed by atoms with Crippen molar-refractivity contribution in [2.45, 2.75) is 6.61 Å². The molecule has 0 bridgehead atoms. The van der Waals surface area contributed by atoms with Crippen molar-refractivity contribution in [3.8, 4) is 5.75 Å². The number of benzene rings is 2. The van der Waals surface area contributed by atoms with E-state index >= 15 is 0 Å². The highest BCUT2D eigenvalue weighted by Crippen LogP contribution is 2.15. The van der Waals surface area contributed by atoms with Crippen LogP contribution in [0.4, 0.5) is 0 Å². The first-order chi connectivity index (χ1) is 10.8. The molecule has 0 spiro atoms. The zero-order valence-electron chi connectivity index (χ0n) is 11.6. The van der Waals surface area contributed by atoms with Gasteiger partial charge in [0.05, 0.1) is 6.21 Å². The summed E-state index contributed by atoms with van der Waals surface area (Å²) < 4.78 is 7.30. The van der Waals surface area contributed by atoms with Crippen LogP contribution in [-0.2, 0) is 6.61 Å². The summed E-state index contributed by atoms with van der Waals surface area (Å²) in [5.74, 6) is 0.780. The van der Waals surface area contributed by atoms with Gasteiger partial charge in [0, 0.05) is 5.02 Å². The van der Waals surface area contributed by atoms with Crippen LogP contribution in [0.2, 0.25) is 5.02 Å². The lowest BCUT2D eigenvalue weighted by atomic mass is 10.2. The van der Waals surface area contributed by atoms with E-state index in [1.807, 2.05) is 48.5 Å². The topological polar surface area (TPSA) is 52.3 Å². The summed E-state index contributed by atoms with van der Waals surface area (Å²) in [4.78, 5) is 0. The molecule has 0 unspecified atom stereocenters. The molecule has 0 aliphatic carbocycles. The lowest BCUT2D eigenvalue weighted by molar-refractivity contribution is 0.306. The van der Waals surface area contributed by atoms with Crippen molar-refractivity contribution >= 4 is 17.8 Å². The molecule has 5 nitrogen and oxygen atoms in total. The van der Waals surface area contributed by atoms with Gasteiger partial charge >= 0.3 is 0 Å². The highest BCUT2D eigenvalue weighted by Gasteiger charge is 1.98. The minimum absolute atomic E-state index is 0.489. The van der Waals surface area contributed by atoms with Crippen molar-refractivity contribution in [2.24, 2.45) is 5.10 Å². The van der Waals surface area contributed by atoms with E-state index in [0.29, 0.717) is 6.61 Å². The first-order valence-corrected chi connectivity index (χ1v) is 7.04. The Kier molecular flexibility index (Phi) is 4.46. The molecule has 1 heterocycles. The summed E-state index contributed by atoms with van der Waals surface area (Å²) >= 11 is 5.86. The Labute approximate surface area is 132 Å². The Bertz CT molecular complexity index is 754. The van der Waals surface area contributed by atoms with Crippen LogP contribution in [0.5, 0.6) is 5.75 Å². The summed E-state index contributed by atoms with van der Waals surface area (Å²) in [6.45, 7) is 0.489. The van der Waals surface area contributed by atoms with Gasteiger partial charge in [-0.15, -0.1) is 10.2 Å². The first-order valence-electron chi connectivity index (χ1n) is 6.66. The molecule has 0 N–H and O–H groups in total. The molecule has 1 aromatic heterocycles. The van der Waals surface area contributed by atoms with Crippen LogP contribution >= 0.6 is 11.6 Å². The van der Waals surface area contributed by atoms with Crippen molar-refractivity contribution in [3.63, 3.8) is 0 Å². The third-order valence-corrected chi connectivity index (χ3v) is 3.18. The van der Waals surface area contributed by atoms with Crippen LogP contribution in [0, 0.1) is 0 Å². The number of rotatable bonds is 5. The van der Waals surface area contributed by atoms with Crippen LogP contribution in [0.25, 0.3) is 0 Å². The molecule has 2 aromatic carbocycles. The average Bonchev–Trinajstić information content (AvgIpc) is 3.06. The highest BCUT2D eigenvalue weighted by molar-refractivity contribution is 6.30. The minimum atomic E-state index is 0.489. The SMILES string of the molecule is Clc1ccc(COc2cccc(/C=N/n3cnnc3)c2)cc1. The fourth-order valence-corrected chi connectivity index (χ4v) is 1.95. The van der Waals surface area contributed by atoms with Crippen molar-refractivity contribution in [3.05, 3.63) is 77.3 Å². The molecule has 110 valence electrons. The van der Waals surface area contributed by atoms with Crippen LogP contribution < -0.4 is 4.74 Å². The van der Waals surface area contributed by atoms with Crippen LogP contribution in [0.3, 0.4) is 0 Å². The second-order valence-corrected chi connectivity index (χ2v) is 5.01. The van der Waals surface area contributed by atoms with Gasteiger partial charge < -0.3 is 4.74 Å². The Hall–Kier alpha value is -2.66. The maximum Gasteiger partial charge on any atom is 0.141 e. The summed E-state index contributed by atoms with van der Waals surface area (Å²) in [5, 5.41) is 12.3. The smallest absolute Gasteiger partial charge is 0.141 e. The standard InChI is InChI=1S/C16H13ClN4O/c17-15-6-4-13(5-7-15)10-22-16-3-1-2-14(8-16)9-20-21-11-18-19-12-21/h1-9,11-12H,10H2/b20-9+. The Morgan fingerprint density at radius 3 is 2.64 bits per heavy atom. The van der Waals surface area contributed by atoms with Gasteiger partial charge in [0.25, 0.3) is 0 Å². The lowest BCUT2D eigenvalue weighted by Gasteiger charge is -2.07. The monoisotopic (exact) mass is 312 g/mol. The lowest BCUT2D eigenvalue weighted by Crippen LogP contribution is -1.96. The third-order valence-electron chi connectivity index (χ3n) is 2.92. The molecule has 0 aliphatic heterocycles. The second-order valence-electron chi connectivity index (χ2n) is 4.57. The molecule has 0 atom stereocenters. The zero-order chi connectivity index (χ0) is 15.2. The van der Waals surface area contributed by atoms with E-state index in [4.69, 9.17) is 16.3 Å². The molecule has 0 saturated carbocycles. The van der Waals surface area contributed by atoms with Crippen molar-refractivity contribution < 1.29 is 4.74 Å². The molecule has 6 heteroatoms. The molecule has 3 aromatic rings. The molecule has 0 saturated heterocycles. The zero-order valence-corrected chi connectivity index (χ0v) is 12.4. The molecule has 3 rings (SSSR count). The third kappa shape index (κ3) is 3.93. The van der Waals surface area contributed by atoms with Gasteiger partial charge in [-0.1, -0.05) is 35.9 Å². The van der Waals surface area contributed by atoms with Gasteiger partial charge in [0.15, 0.2) is 0 Å². The van der Waals surface area contributed by atoms with Crippen LogP contribution in [0.1, 0.15) is 11.1 Å². The maximum absolute atomic E-state index is 5.86. The van der Waals surface area contributed by atoms with Gasteiger partial charge in [-0.25, -0.2) is 4.68 Å². The van der Waals surface area contributed by atoms with E-state index in [0.717, 1.165) is 21.9 Å². The predicted octanol–water partition coefficient (Wildman–Crippen LogP) is 3.39. The normalized spacial score (nSPS) is 11.0. The van der Waals surface area contributed by atoms with Gasteiger partial charge in [-0.3, -0.25) is 0 Å². The summed E-state index contributed by atoms with van der Waals surface area (Å²) in [6, 6.07) is 15.3. The quantitative estimate of drug-likeness (QED) is 0.679. The van der Waals surface area contributed by atoms with Crippen LogP contribution in [0.15, 0.2) is 66.3 Å². The van der Waals surface area contributed by atoms with E-state index < -0.39 is 0 Å². The first kappa shape index (κ1) is 14.3. The van der Waals surface area contributed by atoms with E-state index in [9.17, 15) is 0 Å². The summed E-state index contributed by atoms with van der Waals surface area (Å²) in [6.07, 6.45) is 4.77. The number of hydrogen-bond donors (Lipinski definition) is 0. The second kappa shape index (κ2) is 6.87. The Morgan fingerprint density at radius 1 is 1.09 bits per heavy atom. The van der Waals surface area contributed by atoms with Gasteiger partial charge in [0.2, 0.25) is 0 Å². The number of hydrogen-bond acceptors (Lipinski definition) is 4. The number of ether oxygens (including phenoxy) is 1. The minimum Gasteiger partial charge on any atom is -0.489 e. The predicted molar refractivity (Wildman–Crippen MR) is 85.2 cm³/mol. The molecular weight excluding hydrogens is 300 g/mol. The molecular formula is C16H13ClN4O. The van der Waals surface area contributed by atoms with E-state index in [2.05, 4.69) is 15.3 Å². The number of nitrogens with zero attached hydrogens (tertiary/aromatic N) is 4. The van der Waals surface area contributed by atoms with E-state index in [-0.39, 0.29) is 0 Å². The van der Waals surface area contributed by atoms with Crippen molar-refractivity contribution in [1.82, 2.24) is 14.9 Å². The van der Waals surface area contributed by atoms with Gasteiger partial charge in [0.1, 0.15) is 25.0 Å². The molecule has 0 aliphatic rings. The molecule has 22 heavy (non-hydrogen) atoms. The van der Waals surface area contributed by atoms with Gasteiger partial charge in [-0.2, -0.15) is 5.10 Å². The van der Waals surface area contributed by atoms with Crippen LogP contribution in [-0.4, -0.2) is 21.1 Å². The van der Waals surface area contributed by atoms with Crippen molar-refractivity contribution in [1.29, 1.82) is 0 Å². The van der Waals surface area contributed by atoms with E-state index in [1.165, 1.54) is 17.3 Å². The highest BCUT2D eigenvalue weighted by atomic mass is 35.5. The van der Waals surface area contributed by atoms with Crippen molar-refractivity contribution in [2.75, 3.05) is 0 Å². The summed E-state index contributed by atoms with van der Waals surface area (Å²) in [7, 11) is 0. The van der Waals surface area contributed by atoms with E-state index in [1.54, 1.807) is 6.21 Å². The Balaban J connectivity index is 1.64. The Morgan fingerprint density at radius 2 is 1.86 bits per heavy atom. The number of halogens is 1. The van der Waals surface area contributed by atoms with Gasteiger partial charge in [-0.05, 0) is 35.4 Å². The molecule has 0 radical (unpaired) electrons. The maximum atomic E-state index is 5.86. The number of aromatic nitrogens is 3. The fourth-order valence-electron chi connectivity index (χ4n) is 1.82. The fraction of sp³-hybridized carbons (Fsp3) is 0.0625. The molecule has 0 fully saturated rings. The largest absolute Gasteiger partial charge is 0.489 e. The molecule has 0 amide bonds. The average molecular weight is 313 g/mol.